The highest BCUT2D eigenvalue weighted by Crippen LogP contribution is 2.32. The SMILES string of the molecule is COC1CN(CCNC(C)C2CC2)CCC1C. The summed E-state index contributed by atoms with van der Waals surface area (Å²) in [5.41, 5.74) is 0. The topological polar surface area (TPSA) is 24.5 Å². The minimum atomic E-state index is 0.435. The van der Waals surface area contributed by atoms with Crippen LogP contribution >= 0.6 is 0 Å². The van der Waals surface area contributed by atoms with Crippen LogP contribution in [0.5, 0.6) is 0 Å². The molecule has 100 valence electrons. The molecule has 3 nitrogen and oxygen atoms in total. The van der Waals surface area contributed by atoms with E-state index in [0.29, 0.717) is 6.10 Å². The van der Waals surface area contributed by atoms with Crippen LogP contribution in [0.3, 0.4) is 0 Å². The molecule has 0 aromatic carbocycles. The fraction of sp³-hybridized carbons (Fsp3) is 1.00. The number of methoxy groups -OCH3 is 1. The highest BCUT2D eigenvalue weighted by atomic mass is 16.5. The van der Waals surface area contributed by atoms with E-state index in [0.717, 1.165) is 31.0 Å². The molecular weight excluding hydrogens is 212 g/mol. The second-order valence-electron chi connectivity index (χ2n) is 5.92. The molecule has 3 unspecified atom stereocenters. The third-order valence-electron chi connectivity index (χ3n) is 4.50. The van der Waals surface area contributed by atoms with E-state index in [1.54, 1.807) is 0 Å². The fourth-order valence-electron chi connectivity index (χ4n) is 2.82. The Balaban J connectivity index is 1.61. The van der Waals surface area contributed by atoms with Gasteiger partial charge in [0.2, 0.25) is 0 Å². The standard InChI is InChI=1S/C14H28N2O/c1-11-6-8-16(10-14(11)17-3)9-7-15-12(2)13-4-5-13/h11-15H,4-10H2,1-3H3. The van der Waals surface area contributed by atoms with Crippen molar-refractivity contribution in [1.29, 1.82) is 0 Å². The van der Waals surface area contributed by atoms with E-state index in [9.17, 15) is 0 Å². The molecular formula is C14H28N2O. The highest BCUT2D eigenvalue weighted by molar-refractivity contribution is 4.84. The molecule has 1 saturated heterocycles. The molecule has 1 aliphatic heterocycles. The van der Waals surface area contributed by atoms with Crippen LogP contribution in [0.1, 0.15) is 33.1 Å². The Hall–Kier alpha value is -0.120. The molecule has 1 saturated carbocycles. The summed E-state index contributed by atoms with van der Waals surface area (Å²) in [6, 6.07) is 0.719. The minimum Gasteiger partial charge on any atom is -0.380 e. The van der Waals surface area contributed by atoms with Crippen molar-refractivity contribution in [2.45, 2.75) is 45.3 Å². The van der Waals surface area contributed by atoms with Gasteiger partial charge in [-0.05, 0) is 44.6 Å². The molecule has 1 heterocycles. The molecule has 17 heavy (non-hydrogen) atoms. The van der Waals surface area contributed by atoms with Crippen molar-refractivity contribution in [1.82, 2.24) is 10.2 Å². The number of hydrogen-bond acceptors (Lipinski definition) is 3. The zero-order valence-electron chi connectivity index (χ0n) is 11.6. The van der Waals surface area contributed by atoms with Gasteiger partial charge in [0.25, 0.3) is 0 Å². The average molecular weight is 240 g/mol. The monoisotopic (exact) mass is 240 g/mol. The van der Waals surface area contributed by atoms with Crippen molar-refractivity contribution in [3.8, 4) is 0 Å². The van der Waals surface area contributed by atoms with Crippen LogP contribution in [0.25, 0.3) is 0 Å². The van der Waals surface area contributed by atoms with Crippen LogP contribution in [-0.2, 0) is 4.74 Å². The van der Waals surface area contributed by atoms with Crippen molar-refractivity contribution >= 4 is 0 Å². The first-order valence-electron chi connectivity index (χ1n) is 7.19. The molecule has 2 fully saturated rings. The van der Waals surface area contributed by atoms with E-state index in [2.05, 4.69) is 24.1 Å². The summed E-state index contributed by atoms with van der Waals surface area (Å²) in [5, 5.41) is 3.65. The first-order chi connectivity index (χ1) is 8.20. The molecule has 0 aromatic heterocycles. The highest BCUT2D eigenvalue weighted by Gasteiger charge is 2.28. The summed E-state index contributed by atoms with van der Waals surface area (Å²) in [5.74, 6) is 1.68. The van der Waals surface area contributed by atoms with Crippen LogP contribution < -0.4 is 5.32 Å². The maximum atomic E-state index is 5.55. The van der Waals surface area contributed by atoms with Crippen LogP contribution in [-0.4, -0.2) is 50.3 Å². The summed E-state index contributed by atoms with van der Waals surface area (Å²) < 4.78 is 5.55. The molecule has 0 aromatic rings. The van der Waals surface area contributed by atoms with Gasteiger partial charge < -0.3 is 10.1 Å². The predicted octanol–water partition coefficient (Wildman–Crippen LogP) is 1.73. The molecule has 2 rings (SSSR count). The van der Waals surface area contributed by atoms with Gasteiger partial charge in [0.1, 0.15) is 0 Å². The molecule has 0 radical (unpaired) electrons. The quantitative estimate of drug-likeness (QED) is 0.765. The summed E-state index contributed by atoms with van der Waals surface area (Å²) in [6.45, 7) is 9.27. The Morgan fingerprint density at radius 2 is 2.12 bits per heavy atom. The van der Waals surface area contributed by atoms with E-state index in [-0.39, 0.29) is 0 Å². The summed E-state index contributed by atoms with van der Waals surface area (Å²) in [6.07, 6.45) is 4.57. The number of ether oxygens (including phenoxy) is 1. The van der Waals surface area contributed by atoms with Gasteiger partial charge in [0.15, 0.2) is 0 Å². The third kappa shape index (κ3) is 3.94. The molecule has 3 atom stereocenters. The van der Waals surface area contributed by atoms with Crippen molar-refractivity contribution in [2.24, 2.45) is 11.8 Å². The zero-order valence-corrected chi connectivity index (χ0v) is 11.6. The van der Waals surface area contributed by atoms with Gasteiger partial charge in [0.05, 0.1) is 6.10 Å². The first-order valence-corrected chi connectivity index (χ1v) is 7.19. The summed E-state index contributed by atoms with van der Waals surface area (Å²) in [7, 11) is 1.85. The van der Waals surface area contributed by atoms with E-state index in [4.69, 9.17) is 4.74 Å². The number of nitrogens with one attached hydrogen (secondary N) is 1. The van der Waals surface area contributed by atoms with E-state index in [1.165, 1.54) is 32.4 Å². The number of hydrogen-bond donors (Lipinski definition) is 1. The fourth-order valence-corrected chi connectivity index (χ4v) is 2.82. The third-order valence-corrected chi connectivity index (χ3v) is 4.50. The van der Waals surface area contributed by atoms with Gasteiger partial charge in [-0.1, -0.05) is 6.92 Å². The lowest BCUT2D eigenvalue weighted by molar-refractivity contribution is -0.00458. The van der Waals surface area contributed by atoms with Crippen LogP contribution in [0.4, 0.5) is 0 Å². The maximum Gasteiger partial charge on any atom is 0.0724 e. The van der Waals surface area contributed by atoms with Crippen LogP contribution in [0.15, 0.2) is 0 Å². The van der Waals surface area contributed by atoms with E-state index in [1.807, 2.05) is 7.11 Å². The van der Waals surface area contributed by atoms with Gasteiger partial charge in [-0.15, -0.1) is 0 Å². The second kappa shape index (κ2) is 6.17. The van der Waals surface area contributed by atoms with E-state index < -0.39 is 0 Å². The number of rotatable bonds is 6. The number of nitrogens with zero attached hydrogens (tertiary/aromatic N) is 1. The Labute approximate surface area is 106 Å². The molecule has 0 spiro atoms. The molecule has 1 aliphatic carbocycles. The van der Waals surface area contributed by atoms with Crippen molar-refractivity contribution in [2.75, 3.05) is 33.3 Å². The molecule has 2 aliphatic rings. The lowest BCUT2D eigenvalue weighted by Crippen LogP contribution is -2.46. The zero-order chi connectivity index (χ0) is 12.3. The average Bonchev–Trinajstić information content (AvgIpc) is 3.15. The predicted molar refractivity (Wildman–Crippen MR) is 71.2 cm³/mol. The Morgan fingerprint density at radius 3 is 2.76 bits per heavy atom. The number of likely N-dealkylation sites (tertiary alicyclic amines) is 1. The van der Waals surface area contributed by atoms with Gasteiger partial charge in [0, 0.05) is 32.8 Å². The Morgan fingerprint density at radius 1 is 1.35 bits per heavy atom. The number of piperidine rings is 1. The van der Waals surface area contributed by atoms with Crippen LogP contribution in [0, 0.1) is 11.8 Å². The minimum absolute atomic E-state index is 0.435. The van der Waals surface area contributed by atoms with Gasteiger partial charge in [-0.2, -0.15) is 0 Å². The second-order valence-corrected chi connectivity index (χ2v) is 5.92. The lowest BCUT2D eigenvalue weighted by Gasteiger charge is -2.36. The molecule has 0 amide bonds. The van der Waals surface area contributed by atoms with Gasteiger partial charge >= 0.3 is 0 Å². The van der Waals surface area contributed by atoms with Gasteiger partial charge in [-0.25, -0.2) is 0 Å². The van der Waals surface area contributed by atoms with Crippen molar-refractivity contribution < 1.29 is 4.74 Å². The maximum absolute atomic E-state index is 5.55. The first kappa shape index (κ1) is 13.3. The largest absolute Gasteiger partial charge is 0.380 e. The Kier molecular flexibility index (Phi) is 4.83. The van der Waals surface area contributed by atoms with Crippen LogP contribution in [0.2, 0.25) is 0 Å². The van der Waals surface area contributed by atoms with Gasteiger partial charge in [-0.3, -0.25) is 4.90 Å². The normalized spacial score (nSPS) is 32.6. The molecule has 0 bridgehead atoms. The van der Waals surface area contributed by atoms with E-state index >= 15 is 0 Å². The smallest absolute Gasteiger partial charge is 0.0724 e. The Bertz CT molecular complexity index is 230. The van der Waals surface area contributed by atoms with Crippen molar-refractivity contribution in [3.63, 3.8) is 0 Å². The summed E-state index contributed by atoms with van der Waals surface area (Å²) >= 11 is 0. The summed E-state index contributed by atoms with van der Waals surface area (Å²) in [4.78, 5) is 2.54. The lowest BCUT2D eigenvalue weighted by atomic mass is 9.96. The molecule has 3 heteroatoms. The molecule has 1 N–H and O–H groups in total. The van der Waals surface area contributed by atoms with Crippen molar-refractivity contribution in [3.05, 3.63) is 0 Å².